The van der Waals surface area contributed by atoms with Gasteiger partial charge in [-0.25, -0.2) is 0 Å². The monoisotopic (exact) mass is 281 g/mol. The van der Waals surface area contributed by atoms with Gasteiger partial charge in [-0.3, -0.25) is 0 Å². The summed E-state index contributed by atoms with van der Waals surface area (Å²) in [6, 6.07) is 9.02. The van der Waals surface area contributed by atoms with Crippen LogP contribution in [0.4, 0.5) is 5.69 Å². The third kappa shape index (κ3) is 3.00. The summed E-state index contributed by atoms with van der Waals surface area (Å²) < 4.78 is 1.17. The number of hydrogen-bond acceptors (Lipinski definition) is 1. The molecule has 0 heterocycles. The molecule has 0 saturated heterocycles. The van der Waals surface area contributed by atoms with Crippen LogP contribution in [0, 0.1) is 5.41 Å². The molecule has 1 aliphatic carbocycles. The molecule has 0 unspecified atom stereocenters. The van der Waals surface area contributed by atoms with Crippen molar-refractivity contribution in [1.29, 1.82) is 0 Å². The molecule has 1 aliphatic rings. The van der Waals surface area contributed by atoms with E-state index in [2.05, 4.69) is 59.4 Å². The molecule has 1 fully saturated rings. The first-order valence-electron chi connectivity index (χ1n) is 6.08. The van der Waals surface area contributed by atoms with Crippen molar-refractivity contribution in [3.8, 4) is 0 Å². The lowest BCUT2D eigenvalue weighted by molar-refractivity contribution is 0.232. The summed E-state index contributed by atoms with van der Waals surface area (Å²) in [6.07, 6.45) is 5.23. The van der Waals surface area contributed by atoms with Crippen LogP contribution in [0.1, 0.15) is 39.5 Å². The van der Waals surface area contributed by atoms with Crippen LogP contribution in [0.5, 0.6) is 0 Å². The van der Waals surface area contributed by atoms with E-state index < -0.39 is 0 Å². The van der Waals surface area contributed by atoms with E-state index in [0.29, 0.717) is 11.5 Å². The normalized spacial score (nSPS) is 20.7. The topological polar surface area (TPSA) is 12.0 Å². The van der Waals surface area contributed by atoms with Crippen LogP contribution in [-0.2, 0) is 0 Å². The Balaban J connectivity index is 1.95. The largest absolute Gasteiger partial charge is 0.381 e. The van der Waals surface area contributed by atoms with Gasteiger partial charge in [-0.2, -0.15) is 0 Å². The quantitative estimate of drug-likeness (QED) is 0.819. The fourth-order valence-electron chi connectivity index (χ4n) is 2.34. The Morgan fingerprint density at radius 1 is 1.19 bits per heavy atom. The third-order valence-corrected chi connectivity index (χ3v) is 4.26. The predicted octanol–water partition coefficient (Wildman–Crippen LogP) is 4.83. The summed E-state index contributed by atoms with van der Waals surface area (Å²) in [7, 11) is 0. The highest BCUT2D eigenvalue weighted by molar-refractivity contribution is 9.10. The van der Waals surface area contributed by atoms with Gasteiger partial charge in [0.25, 0.3) is 0 Å². The Morgan fingerprint density at radius 3 is 2.44 bits per heavy atom. The first-order valence-corrected chi connectivity index (χ1v) is 6.87. The molecule has 0 aromatic heterocycles. The van der Waals surface area contributed by atoms with Crippen molar-refractivity contribution < 1.29 is 0 Å². The van der Waals surface area contributed by atoms with Gasteiger partial charge in [0.2, 0.25) is 0 Å². The van der Waals surface area contributed by atoms with Crippen molar-refractivity contribution in [3.63, 3.8) is 0 Å². The van der Waals surface area contributed by atoms with Crippen molar-refractivity contribution in [2.75, 3.05) is 5.32 Å². The lowest BCUT2D eigenvalue weighted by atomic mass is 9.75. The summed E-state index contributed by atoms with van der Waals surface area (Å²) in [5, 5.41) is 3.64. The summed E-state index contributed by atoms with van der Waals surface area (Å²) in [6.45, 7) is 4.75. The Bertz CT molecular complexity index is 350. The van der Waals surface area contributed by atoms with Gasteiger partial charge in [0.1, 0.15) is 0 Å². The predicted molar refractivity (Wildman–Crippen MR) is 73.8 cm³/mol. The average Bonchev–Trinajstić information content (AvgIpc) is 2.24. The average molecular weight is 282 g/mol. The Hall–Kier alpha value is -0.500. The molecule has 2 heteroatoms. The lowest BCUT2D eigenvalue weighted by Crippen LogP contribution is -2.29. The molecule has 1 N–H and O–H groups in total. The fourth-order valence-corrected chi connectivity index (χ4v) is 2.74. The molecular formula is C14H20BrN. The van der Waals surface area contributed by atoms with Crippen molar-refractivity contribution in [2.24, 2.45) is 5.41 Å². The van der Waals surface area contributed by atoms with Crippen LogP contribution >= 0.6 is 15.9 Å². The van der Waals surface area contributed by atoms with Gasteiger partial charge >= 0.3 is 0 Å². The minimum absolute atomic E-state index is 0.548. The Labute approximate surface area is 107 Å². The van der Waals surface area contributed by atoms with Crippen LogP contribution in [0.2, 0.25) is 0 Å². The number of benzene rings is 1. The maximum Gasteiger partial charge on any atom is 0.0486 e. The molecule has 1 nitrogen and oxygen atoms in total. The second kappa shape index (κ2) is 4.79. The summed E-state index contributed by atoms with van der Waals surface area (Å²) >= 11 is 3.58. The van der Waals surface area contributed by atoms with E-state index in [9.17, 15) is 0 Å². The SMILES string of the molecule is CC1(C)CCC(Nc2ccccc2Br)CC1. The zero-order valence-corrected chi connectivity index (χ0v) is 11.7. The van der Waals surface area contributed by atoms with Crippen molar-refractivity contribution in [3.05, 3.63) is 28.7 Å². The number of para-hydroxylation sites is 1. The summed E-state index contributed by atoms with van der Waals surface area (Å²) in [5.74, 6) is 0. The number of hydrogen-bond donors (Lipinski definition) is 1. The van der Waals surface area contributed by atoms with Crippen molar-refractivity contribution >= 4 is 21.6 Å². The van der Waals surface area contributed by atoms with E-state index in [1.807, 2.05) is 0 Å². The highest BCUT2D eigenvalue weighted by atomic mass is 79.9. The van der Waals surface area contributed by atoms with Gasteiger partial charge in [0.05, 0.1) is 0 Å². The molecule has 0 atom stereocenters. The Kier molecular flexibility index (Phi) is 3.58. The fraction of sp³-hybridized carbons (Fsp3) is 0.571. The van der Waals surface area contributed by atoms with Gasteiger partial charge in [-0.1, -0.05) is 26.0 Å². The van der Waals surface area contributed by atoms with E-state index in [1.165, 1.54) is 35.8 Å². The Morgan fingerprint density at radius 2 is 1.81 bits per heavy atom. The molecule has 0 spiro atoms. The van der Waals surface area contributed by atoms with E-state index in [4.69, 9.17) is 0 Å². The van der Waals surface area contributed by atoms with Crippen LogP contribution < -0.4 is 5.32 Å². The van der Waals surface area contributed by atoms with Gasteiger partial charge < -0.3 is 5.32 Å². The highest BCUT2D eigenvalue weighted by Gasteiger charge is 2.26. The maximum absolute atomic E-state index is 3.64. The number of anilines is 1. The molecular weight excluding hydrogens is 262 g/mol. The standard InChI is InChI=1S/C14H20BrN/c1-14(2)9-7-11(8-10-14)16-13-6-4-3-5-12(13)15/h3-6,11,16H,7-10H2,1-2H3. The number of nitrogens with one attached hydrogen (secondary N) is 1. The second-order valence-corrected chi connectivity index (χ2v) is 6.42. The van der Waals surface area contributed by atoms with Gasteiger partial charge in [0.15, 0.2) is 0 Å². The second-order valence-electron chi connectivity index (χ2n) is 5.56. The van der Waals surface area contributed by atoms with Crippen molar-refractivity contribution in [1.82, 2.24) is 0 Å². The smallest absolute Gasteiger partial charge is 0.0486 e. The molecule has 1 aromatic rings. The lowest BCUT2D eigenvalue weighted by Gasteiger charge is -2.35. The molecule has 88 valence electrons. The minimum Gasteiger partial charge on any atom is -0.381 e. The molecule has 2 rings (SSSR count). The van der Waals surface area contributed by atoms with E-state index >= 15 is 0 Å². The molecule has 0 bridgehead atoms. The van der Waals surface area contributed by atoms with E-state index in [0.717, 1.165) is 0 Å². The highest BCUT2D eigenvalue weighted by Crippen LogP contribution is 2.36. The molecule has 16 heavy (non-hydrogen) atoms. The zero-order valence-electron chi connectivity index (χ0n) is 10.1. The van der Waals surface area contributed by atoms with Gasteiger partial charge in [-0.15, -0.1) is 0 Å². The zero-order chi connectivity index (χ0) is 11.6. The van der Waals surface area contributed by atoms with Crippen LogP contribution in [0.3, 0.4) is 0 Å². The number of halogens is 1. The molecule has 1 aromatic carbocycles. The van der Waals surface area contributed by atoms with Gasteiger partial charge in [-0.05, 0) is 59.2 Å². The molecule has 0 aliphatic heterocycles. The number of rotatable bonds is 2. The summed E-state index contributed by atoms with van der Waals surface area (Å²) in [5.41, 5.74) is 1.78. The molecule has 0 amide bonds. The van der Waals surface area contributed by atoms with Crippen LogP contribution in [0.15, 0.2) is 28.7 Å². The molecule has 1 saturated carbocycles. The van der Waals surface area contributed by atoms with E-state index in [1.54, 1.807) is 0 Å². The minimum atomic E-state index is 0.548. The maximum atomic E-state index is 3.64. The van der Waals surface area contributed by atoms with E-state index in [-0.39, 0.29) is 0 Å². The first-order chi connectivity index (χ1) is 7.57. The summed E-state index contributed by atoms with van der Waals surface area (Å²) in [4.78, 5) is 0. The van der Waals surface area contributed by atoms with Crippen LogP contribution in [0.25, 0.3) is 0 Å². The first kappa shape index (κ1) is 12.0. The van der Waals surface area contributed by atoms with Crippen molar-refractivity contribution in [2.45, 2.75) is 45.6 Å². The van der Waals surface area contributed by atoms with Crippen LogP contribution in [-0.4, -0.2) is 6.04 Å². The van der Waals surface area contributed by atoms with Gasteiger partial charge in [0, 0.05) is 16.2 Å². The third-order valence-electron chi connectivity index (χ3n) is 3.57. The molecule has 0 radical (unpaired) electrons.